The Morgan fingerprint density at radius 1 is 1.33 bits per heavy atom. The van der Waals surface area contributed by atoms with Gasteiger partial charge in [0, 0.05) is 12.3 Å². The van der Waals surface area contributed by atoms with Crippen LogP contribution in [0.1, 0.15) is 12.5 Å². The molecule has 1 aromatic carbocycles. The van der Waals surface area contributed by atoms with E-state index in [1.807, 2.05) is 31.2 Å². The fourth-order valence-electron chi connectivity index (χ4n) is 1.73. The van der Waals surface area contributed by atoms with Gasteiger partial charge in [-0.15, -0.1) is 0 Å². The molecule has 0 atom stereocenters. The van der Waals surface area contributed by atoms with E-state index in [2.05, 4.69) is 10.3 Å². The molecule has 0 aliphatic carbocycles. The maximum absolute atomic E-state index is 10.4. The first-order valence-electron chi connectivity index (χ1n) is 6.55. The van der Waals surface area contributed by atoms with Gasteiger partial charge in [-0.3, -0.25) is 0 Å². The van der Waals surface area contributed by atoms with Gasteiger partial charge in [0.1, 0.15) is 11.6 Å². The predicted molar refractivity (Wildman–Crippen MR) is 81.8 cm³/mol. The van der Waals surface area contributed by atoms with E-state index in [1.165, 1.54) is 6.08 Å². The van der Waals surface area contributed by atoms with Crippen molar-refractivity contribution in [3.8, 4) is 5.75 Å². The zero-order chi connectivity index (χ0) is 15.1. The average Bonchev–Trinajstić information content (AvgIpc) is 2.49. The van der Waals surface area contributed by atoms with E-state index in [-0.39, 0.29) is 0 Å². The van der Waals surface area contributed by atoms with Gasteiger partial charge in [0.15, 0.2) is 0 Å². The average molecular weight is 284 g/mol. The van der Waals surface area contributed by atoms with Crippen LogP contribution < -0.4 is 10.1 Å². The van der Waals surface area contributed by atoms with Crippen molar-refractivity contribution in [1.29, 1.82) is 0 Å². The number of aromatic nitrogens is 1. The minimum atomic E-state index is -0.983. The van der Waals surface area contributed by atoms with Crippen molar-refractivity contribution in [2.45, 2.75) is 6.92 Å². The number of anilines is 2. The van der Waals surface area contributed by atoms with Gasteiger partial charge < -0.3 is 15.2 Å². The van der Waals surface area contributed by atoms with Gasteiger partial charge in [0.2, 0.25) is 0 Å². The summed E-state index contributed by atoms with van der Waals surface area (Å²) in [6, 6.07) is 11.2. The van der Waals surface area contributed by atoms with E-state index in [1.54, 1.807) is 18.3 Å². The molecule has 0 aliphatic heterocycles. The van der Waals surface area contributed by atoms with Gasteiger partial charge in [0.05, 0.1) is 12.3 Å². The third-order valence-corrected chi connectivity index (χ3v) is 2.65. The van der Waals surface area contributed by atoms with E-state index in [9.17, 15) is 4.79 Å². The summed E-state index contributed by atoms with van der Waals surface area (Å²) in [4.78, 5) is 14.7. The number of pyridine rings is 1. The number of hydrogen-bond donors (Lipinski definition) is 2. The standard InChI is InChI=1S/C16H16N2O3/c1-2-21-14-6-4-3-5-13(14)18-15-9-7-12(11-17-15)8-10-16(19)20/h3-11H,2H2,1H3,(H,17,18)(H,19,20). The van der Waals surface area contributed by atoms with Crippen LogP contribution in [0.25, 0.3) is 6.08 Å². The van der Waals surface area contributed by atoms with E-state index in [4.69, 9.17) is 9.84 Å². The number of carboxylic acid groups (broad SMARTS) is 1. The Labute approximate surface area is 122 Å². The summed E-state index contributed by atoms with van der Waals surface area (Å²) in [5.74, 6) is 0.439. The molecule has 2 N–H and O–H groups in total. The molecule has 0 bridgehead atoms. The van der Waals surface area contributed by atoms with Crippen molar-refractivity contribution in [2.75, 3.05) is 11.9 Å². The van der Waals surface area contributed by atoms with Gasteiger partial charge in [-0.2, -0.15) is 0 Å². The van der Waals surface area contributed by atoms with Crippen LogP contribution in [0.2, 0.25) is 0 Å². The second-order valence-corrected chi connectivity index (χ2v) is 4.20. The van der Waals surface area contributed by atoms with Crippen LogP contribution in [0.3, 0.4) is 0 Å². The molecule has 5 heteroatoms. The molecule has 0 aliphatic rings. The number of ether oxygens (including phenoxy) is 1. The van der Waals surface area contributed by atoms with Crippen LogP contribution in [0.4, 0.5) is 11.5 Å². The third-order valence-electron chi connectivity index (χ3n) is 2.65. The molecule has 0 saturated carbocycles. The van der Waals surface area contributed by atoms with Gasteiger partial charge in [-0.25, -0.2) is 9.78 Å². The number of carbonyl (C=O) groups is 1. The van der Waals surface area contributed by atoms with Crippen LogP contribution in [0.15, 0.2) is 48.7 Å². The summed E-state index contributed by atoms with van der Waals surface area (Å²) >= 11 is 0. The first-order chi connectivity index (χ1) is 10.2. The summed E-state index contributed by atoms with van der Waals surface area (Å²) in [5, 5.41) is 11.7. The highest BCUT2D eigenvalue weighted by molar-refractivity contribution is 5.85. The zero-order valence-corrected chi connectivity index (χ0v) is 11.6. The molecule has 0 fully saturated rings. The quantitative estimate of drug-likeness (QED) is 0.796. The SMILES string of the molecule is CCOc1ccccc1Nc1ccc(C=CC(=O)O)cn1. The van der Waals surface area contributed by atoms with Crippen LogP contribution in [-0.2, 0) is 4.79 Å². The lowest BCUT2D eigenvalue weighted by Gasteiger charge is -2.11. The molecule has 1 aromatic heterocycles. The van der Waals surface area contributed by atoms with Gasteiger partial charge in [-0.05, 0) is 42.8 Å². The van der Waals surface area contributed by atoms with Crippen LogP contribution >= 0.6 is 0 Å². The maximum atomic E-state index is 10.4. The zero-order valence-electron chi connectivity index (χ0n) is 11.6. The number of nitrogens with one attached hydrogen (secondary N) is 1. The van der Waals surface area contributed by atoms with E-state index < -0.39 is 5.97 Å². The van der Waals surface area contributed by atoms with Crippen LogP contribution in [0, 0.1) is 0 Å². The molecule has 108 valence electrons. The first-order valence-corrected chi connectivity index (χ1v) is 6.55. The molecule has 0 saturated heterocycles. The molecule has 1 heterocycles. The molecule has 0 radical (unpaired) electrons. The number of rotatable bonds is 6. The molecule has 0 unspecified atom stereocenters. The molecule has 2 rings (SSSR count). The number of aliphatic carboxylic acids is 1. The van der Waals surface area contributed by atoms with Crippen molar-refractivity contribution in [1.82, 2.24) is 4.98 Å². The molecular weight excluding hydrogens is 268 g/mol. The Morgan fingerprint density at radius 3 is 2.81 bits per heavy atom. The number of benzene rings is 1. The molecule has 0 spiro atoms. The van der Waals surface area contributed by atoms with Crippen molar-refractivity contribution in [3.63, 3.8) is 0 Å². The largest absolute Gasteiger partial charge is 0.492 e. The normalized spacial score (nSPS) is 10.5. The monoisotopic (exact) mass is 284 g/mol. The number of nitrogens with zero attached hydrogens (tertiary/aromatic N) is 1. The second-order valence-electron chi connectivity index (χ2n) is 4.20. The molecular formula is C16H16N2O3. The Balaban J connectivity index is 2.12. The van der Waals surface area contributed by atoms with E-state index in [0.29, 0.717) is 12.4 Å². The van der Waals surface area contributed by atoms with Crippen molar-refractivity contribution >= 4 is 23.6 Å². The van der Waals surface area contributed by atoms with Crippen molar-refractivity contribution < 1.29 is 14.6 Å². The van der Waals surface area contributed by atoms with Crippen LogP contribution in [0.5, 0.6) is 5.75 Å². The van der Waals surface area contributed by atoms with E-state index >= 15 is 0 Å². The highest BCUT2D eigenvalue weighted by Crippen LogP contribution is 2.26. The van der Waals surface area contributed by atoms with Crippen LogP contribution in [-0.4, -0.2) is 22.7 Å². The van der Waals surface area contributed by atoms with E-state index in [0.717, 1.165) is 23.1 Å². The smallest absolute Gasteiger partial charge is 0.328 e. The third kappa shape index (κ3) is 4.35. The fourth-order valence-corrected chi connectivity index (χ4v) is 1.73. The lowest BCUT2D eigenvalue weighted by atomic mass is 10.2. The second kappa shape index (κ2) is 7.09. The van der Waals surface area contributed by atoms with Gasteiger partial charge >= 0.3 is 5.97 Å². The maximum Gasteiger partial charge on any atom is 0.328 e. The highest BCUT2D eigenvalue weighted by atomic mass is 16.5. The van der Waals surface area contributed by atoms with Crippen molar-refractivity contribution in [2.24, 2.45) is 0 Å². The minimum Gasteiger partial charge on any atom is -0.492 e. The summed E-state index contributed by atoms with van der Waals surface area (Å²) in [6.07, 6.45) is 4.17. The lowest BCUT2D eigenvalue weighted by molar-refractivity contribution is -0.131. The Morgan fingerprint density at radius 2 is 2.14 bits per heavy atom. The first kappa shape index (κ1) is 14.6. The topological polar surface area (TPSA) is 71.5 Å². The number of hydrogen-bond acceptors (Lipinski definition) is 4. The molecule has 21 heavy (non-hydrogen) atoms. The van der Waals surface area contributed by atoms with Gasteiger partial charge in [0.25, 0.3) is 0 Å². The highest BCUT2D eigenvalue weighted by Gasteiger charge is 2.03. The summed E-state index contributed by atoms with van der Waals surface area (Å²) < 4.78 is 5.53. The van der Waals surface area contributed by atoms with Crippen molar-refractivity contribution in [3.05, 3.63) is 54.2 Å². The fraction of sp³-hybridized carbons (Fsp3) is 0.125. The number of para-hydroxylation sites is 2. The Hall–Kier alpha value is -2.82. The lowest BCUT2D eigenvalue weighted by Crippen LogP contribution is -1.98. The summed E-state index contributed by atoms with van der Waals surface area (Å²) in [5.41, 5.74) is 1.56. The Kier molecular flexibility index (Phi) is 4.93. The molecule has 0 amide bonds. The predicted octanol–water partition coefficient (Wildman–Crippen LogP) is 3.32. The number of carboxylic acids is 1. The minimum absolute atomic E-state index is 0.588. The van der Waals surface area contributed by atoms with Gasteiger partial charge in [-0.1, -0.05) is 12.1 Å². The molecule has 5 nitrogen and oxygen atoms in total. The summed E-state index contributed by atoms with van der Waals surface area (Å²) in [7, 11) is 0. The Bertz CT molecular complexity index is 636. The summed E-state index contributed by atoms with van der Waals surface area (Å²) in [6.45, 7) is 2.52. The molecule has 2 aromatic rings.